The number of rotatable bonds is 10. The van der Waals surface area contributed by atoms with Gasteiger partial charge in [0, 0.05) is 0 Å². The Labute approximate surface area is 553 Å². The standard InChI is InChI=1S/C30H24P2.2C27H17.2Au/c1-5-15-25(16-6-1)31(26-17-7-2-8-18-26)29-23-13-14-24-30(29)32(27-19-9-3-10-20-27)28-21-11-4-12-22-28;2*1-2-20-17-18-24-23-15-9-10-16-25(23)27(26(24)19-20,21-11-5-3-6-12-21)22-13-7-4-8-14-22;;/h1-24H;2*3-19H;;/q;2*-1;2*+1/p+2. The summed E-state index contributed by atoms with van der Waals surface area (Å²) in [7, 11) is -2.28. The van der Waals surface area contributed by atoms with Crippen molar-refractivity contribution >= 4 is 47.7 Å². The van der Waals surface area contributed by atoms with Gasteiger partial charge in [-0.2, -0.15) is 0 Å². The molecule has 0 saturated heterocycles. The van der Waals surface area contributed by atoms with Gasteiger partial charge in [0.2, 0.25) is 0 Å². The van der Waals surface area contributed by atoms with Crippen molar-refractivity contribution in [3.63, 3.8) is 0 Å². The van der Waals surface area contributed by atoms with Gasteiger partial charge < -0.3 is 12.8 Å². The predicted molar refractivity (Wildman–Crippen MR) is 367 cm³/mol. The van der Waals surface area contributed by atoms with Crippen molar-refractivity contribution in [1.82, 2.24) is 0 Å². The van der Waals surface area contributed by atoms with E-state index in [4.69, 9.17) is 12.8 Å². The van der Waals surface area contributed by atoms with Gasteiger partial charge >= 0.3 is 44.8 Å². The van der Waals surface area contributed by atoms with Crippen LogP contribution in [0, 0.1) is 24.7 Å². The number of fused-ring (bicyclic) bond motifs is 6. The van der Waals surface area contributed by atoms with E-state index in [1.165, 1.54) is 98.6 Å². The van der Waals surface area contributed by atoms with Crippen LogP contribution in [-0.2, 0) is 55.6 Å². The molecular weight excluding hydrogens is 1460 g/mol. The molecule has 13 aromatic rings. The summed E-state index contributed by atoms with van der Waals surface area (Å²) in [6.45, 7) is 0. The van der Waals surface area contributed by atoms with Gasteiger partial charge in [0.25, 0.3) is 0 Å². The molecule has 88 heavy (non-hydrogen) atoms. The Bertz CT molecular complexity index is 4080. The van der Waals surface area contributed by atoms with Crippen molar-refractivity contribution in [2.45, 2.75) is 10.8 Å². The molecule has 0 amide bonds. The zero-order chi connectivity index (χ0) is 58.1. The third kappa shape index (κ3) is 11.5. The summed E-state index contributed by atoms with van der Waals surface area (Å²) >= 11 is 0. The van der Waals surface area contributed by atoms with Crippen LogP contribution in [-0.4, -0.2) is 0 Å². The monoisotopic (exact) mass is 1520 g/mol. The summed E-state index contributed by atoms with van der Waals surface area (Å²) in [6.07, 6.45) is 15.3. The molecule has 15 rings (SSSR count). The second-order valence-electron chi connectivity index (χ2n) is 21.6. The van der Waals surface area contributed by atoms with Crippen LogP contribution in [0.4, 0.5) is 0 Å². The molecule has 0 unspecified atom stereocenters. The van der Waals surface area contributed by atoms with Crippen molar-refractivity contribution in [3.05, 3.63) is 420 Å². The van der Waals surface area contributed by atoms with Gasteiger partial charge in [-0.05, 0) is 127 Å². The molecule has 0 aromatic heterocycles. The van der Waals surface area contributed by atoms with Crippen molar-refractivity contribution in [1.29, 1.82) is 0 Å². The Morgan fingerprint density at radius 3 is 0.727 bits per heavy atom. The molecule has 0 saturated carbocycles. The van der Waals surface area contributed by atoms with Crippen LogP contribution < -0.4 is 31.8 Å². The molecular formula is C84H60Au2P2+2. The molecule has 0 N–H and O–H groups in total. The maximum absolute atomic E-state index is 7.66. The third-order valence-electron chi connectivity index (χ3n) is 16.9. The van der Waals surface area contributed by atoms with Crippen molar-refractivity contribution in [3.8, 4) is 34.1 Å². The van der Waals surface area contributed by atoms with Crippen molar-refractivity contribution < 1.29 is 44.8 Å². The van der Waals surface area contributed by atoms with Crippen LogP contribution in [0.15, 0.2) is 352 Å². The molecule has 0 spiro atoms. The molecule has 0 heterocycles. The fraction of sp³-hybridized carbons (Fsp3) is 0.0238. The Hall–Kier alpha value is -8.68. The van der Waals surface area contributed by atoms with Gasteiger partial charge in [-0.15, -0.1) is 35.4 Å². The Balaban J connectivity index is 0.000000136. The first kappa shape index (κ1) is 61.0. The minimum Gasteiger partial charge on any atom is -0.366 e. The molecule has 0 bridgehead atoms. The first-order valence-electron chi connectivity index (χ1n) is 29.2. The average molecular weight is 1530 g/mol. The van der Waals surface area contributed by atoms with E-state index in [1.54, 1.807) is 0 Å². The average Bonchev–Trinajstić information content (AvgIpc) is 1.59. The van der Waals surface area contributed by atoms with E-state index in [2.05, 4.69) is 352 Å². The fourth-order valence-corrected chi connectivity index (χ4v) is 19.3. The van der Waals surface area contributed by atoms with E-state index in [1.807, 2.05) is 12.1 Å². The summed E-state index contributed by atoms with van der Waals surface area (Å²) in [5.41, 5.74) is 15.8. The molecule has 0 nitrogen and oxygen atoms in total. The molecule has 2 aliphatic rings. The van der Waals surface area contributed by atoms with Gasteiger partial charge in [0.15, 0.2) is 0 Å². The van der Waals surface area contributed by atoms with Gasteiger partial charge in [0.1, 0.15) is 47.7 Å². The van der Waals surface area contributed by atoms with Crippen LogP contribution in [0.25, 0.3) is 22.3 Å². The van der Waals surface area contributed by atoms with E-state index in [-0.39, 0.29) is 55.6 Å². The quantitative estimate of drug-likeness (QED) is 0.0554. The third-order valence-corrected chi connectivity index (χ3v) is 22.8. The van der Waals surface area contributed by atoms with Crippen LogP contribution in [0.2, 0.25) is 0 Å². The summed E-state index contributed by atoms with van der Waals surface area (Å²) in [5, 5.41) is 8.71. The number of hydrogen-bond donors (Lipinski definition) is 0. The van der Waals surface area contributed by atoms with Gasteiger partial charge in [-0.1, -0.05) is 267 Å². The van der Waals surface area contributed by atoms with E-state index in [0.29, 0.717) is 0 Å². The van der Waals surface area contributed by atoms with E-state index in [0.717, 1.165) is 11.1 Å². The molecule has 4 heteroatoms. The Morgan fingerprint density at radius 2 is 0.455 bits per heavy atom. The first-order chi connectivity index (χ1) is 42.6. The van der Waals surface area contributed by atoms with Crippen LogP contribution >= 0.6 is 15.8 Å². The zero-order valence-corrected chi connectivity index (χ0v) is 54.4. The van der Waals surface area contributed by atoms with Crippen molar-refractivity contribution in [2.75, 3.05) is 0 Å². The van der Waals surface area contributed by atoms with Gasteiger partial charge in [-0.3, -0.25) is 11.8 Å². The first-order valence-corrected chi connectivity index (χ1v) is 32.2. The van der Waals surface area contributed by atoms with E-state index >= 15 is 0 Å². The summed E-state index contributed by atoms with van der Waals surface area (Å²) in [4.78, 5) is 0. The van der Waals surface area contributed by atoms with Crippen LogP contribution in [0.1, 0.15) is 55.6 Å². The minimum atomic E-state index is -1.14. The second kappa shape index (κ2) is 28.0. The van der Waals surface area contributed by atoms with Crippen LogP contribution in [0.5, 0.6) is 0 Å². The second-order valence-corrected chi connectivity index (χ2v) is 26.5. The zero-order valence-electron chi connectivity index (χ0n) is 48.1. The van der Waals surface area contributed by atoms with Crippen LogP contribution in [0.3, 0.4) is 0 Å². The van der Waals surface area contributed by atoms with E-state index < -0.39 is 15.8 Å². The summed E-state index contributed by atoms with van der Waals surface area (Å²) in [5.74, 6) is 5.15. The molecule has 426 valence electrons. The number of benzene rings is 13. The predicted octanol–water partition coefficient (Wildman–Crippen LogP) is 16.6. The number of hydrogen-bond acceptors (Lipinski definition) is 0. The maximum atomic E-state index is 7.66. The smallest absolute Gasteiger partial charge is 0.366 e. The minimum absolute atomic E-state index is 0. The SMILES string of the molecule is [Au+].[Au+].[C-]#Cc1ccc2c(c1)C(c1ccccc1)(c1ccccc1)c1ccccc1-2.[C-]#Cc1ccc2c(c1)C(c1ccccc1)(c1ccccc1)c1ccccc1-2.c1ccc([PH+](c2ccccc2)c2ccccc2[PH+](c2ccccc2)c2ccccc2)cc1. The summed E-state index contributed by atoms with van der Waals surface area (Å²) in [6, 6.07) is 126. The topological polar surface area (TPSA) is 0 Å². The maximum Gasteiger partial charge on any atom is 1.00 e. The largest absolute Gasteiger partial charge is 1.00 e. The van der Waals surface area contributed by atoms with E-state index in [9.17, 15) is 0 Å². The molecule has 13 aromatic carbocycles. The normalized spacial score (nSPS) is 12.3. The molecule has 0 radical (unpaired) electrons. The van der Waals surface area contributed by atoms with Gasteiger partial charge in [-0.25, -0.2) is 0 Å². The van der Waals surface area contributed by atoms with Crippen molar-refractivity contribution in [2.24, 2.45) is 0 Å². The molecule has 2 aliphatic carbocycles. The molecule has 0 fully saturated rings. The Kier molecular flexibility index (Phi) is 19.4. The van der Waals surface area contributed by atoms with Gasteiger partial charge in [0.05, 0.1) is 10.8 Å². The summed E-state index contributed by atoms with van der Waals surface area (Å²) < 4.78 is 0. The Morgan fingerprint density at radius 1 is 0.227 bits per heavy atom. The molecule has 0 atom stereocenters. The molecule has 0 aliphatic heterocycles. The fourth-order valence-electron chi connectivity index (χ4n) is 13.3.